The van der Waals surface area contributed by atoms with Gasteiger partial charge in [-0.3, -0.25) is 19.1 Å². The molecule has 224 valence electrons. The molecule has 12 heteroatoms. The SMILES string of the molecule is CC1CCC([C@H](NC(=O)c2ccnn2C(C)C)C(=O)Nc2cc(C(NC(=O)CCC(F)(F)F)C3CC3)ccn2)CC1. The Labute approximate surface area is 238 Å². The number of halogens is 3. The number of nitrogens with one attached hydrogen (secondary N) is 3. The van der Waals surface area contributed by atoms with Crippen LogP contribution in [0.2, 0.25) is 0 Å². The van der Waals surface area contributed by atoms with Crippen molar-refractivity contribution in [3.8, 4) is 0 Å². The number of amides is 3. The first kappa shape index (κ1) is 30.5. The highest BCUT2D eigenvalue weighted by Gasteiger charge is 2.36. The Morgan fingerprint density at radius 2 is 1.68 bits per heavy atom. The van der Waals surface area contributed by atoms with E-state index in [0.717, 1.165) is 38.5 Å². The molecule has 0 radical (unpaired) electrons. The van der Waals surface area contributed by atoms with Crippen LogP contribution in [0, 0.1) is 17.8 Å². The Hall–Kier alpha value is -3.44. The predicted octanol–water partition coefficient (Wildman–Crippen LogP) is 5.33. The molecular weight excluding hydrogens is 537 g/mol. The average molecular weight is 577 g/mol. The van der Waals surface area contributed by atoms with E-state index in [1.165, 1.54) is 6.20 Å². The monoisotopic (exact) mass is 576 g/mol. The molecule has 2 aliphatic rings. The van der Waals surface area contributed by atoms with Crippen LogP contribution in [0.5, 0.6) is 0 Å². The molecule has 2 atom stereocenters. The largest absolute Gasteiger partial charge is 0.389 e. The molecule has 2 fully saturated rings. The molecule has 0 aromatic carbocycles. The Balaban J connectivity index is 1.49. The summed E-state index contributed by atoms with van der Waals surface area (Å²) in [6.45, 7) is 6.02. The number of nitrogens with zero attached hydrogens (tertiary/aromatic N) is 3. The minimum atomic E-state index is -4.41. The van der Waals surface area contributed by atoms with Gasteiger partial charge in [-0.2, -0.15) is 18.3 Å². The van der Waals surface area contributed by atoms with E-state index in [1.807, 2.05) is 13.8 Å². The maximum absolute atomic E-state index is 13.6. The first-order chi connectivity index (χ1) is 19.4. The fourth-order valence-corrected chi connectivity index (χ4v) is 5.45. The molecule has 0 bridgehead atoms. The van der Waals surface area contributed by atoms with Gasteiger partial charge in [0, 0.05) is 24.9 Å². The van der Waals surface area contributed by atoms with Crippen LogP contribution in [0.1, 0.15) is 100 Å². The molecule has 0 spiro atoms. The maximum Gasteiger partial charge on any atom is 0.389 e. The van der Waals surface area contributed by atoms with Crippen molar-refractivity contribution in [1.29, 1.82) is 0 Å². The lowest BCUT2D eigenvalue weighted by atomic mass is 9.79. The summed E-state index contributed by atoms with van der Waals surface area (Å²) in [7, 11) is 0. The maximum atomic E-state index is 13.6. The Bertz CT molecular complexity index is 1220. The van der Waals surface area contributed by atoms with E-state index in [-0.39, 0.29) is 29.6 Å². The van der Waals surface area contributed by atoms with Crippen molar-refractivity contribution in [3.63, 3.8) is 0 Å². The van der Waals surface area contributed by atoms with Gasteiger partial charge in [0.2, 0.25) is 11.8 Å². The molecule has 41 heavy (non-hydrogen) atoms. The Morgan fingerprint density at radius 3 is 2.32 bits per heavy atom. The molecule has 3 N–H and O–H groups in total. The number of alkyl halides is 3. The standard InChI is InChI=1S/C29H39F3N6O3/c1-17(2)38-22(12-15-34-38)27(40)37-26(20-6-4-18(3)5-7-20)28(41)35-23-16-21(11-14-33-23)25(19-8-9-19)36-24(39)10-13-29(30,31)32/h11-12,14-20,25-26H,4-10,13H2,1-3H3,(H,36,39)(H,37,40)(H,33,35,41)/t18?,20?,25?,26-/m0/s1. The summed E-state index contributed by atoms with van der Waals surface area (Å²) in [4.78, 5) is 43.5. The van der Waals surface area contributed by atoms with Gasteiger partial charge in [-0.1, -0.05) is 19.8 Å². The van der Waals surface area contributed by atoms with Gasteiger partial charge >= 0.3 is 6.18 Å². The van der Waals surface area contributed by atoms with Gasteiger partial charge in [0.25, 0.3) is 5.91 Å². The van der Waals surface area contributed by atoms with Gasteiger partial charge in [0.1, 0.15) is 17.6 Å². The second-order valence-corrected chi connectivity index (χ2v) is 11.7. The van der Waals surface area contributed by atoms with Crippen molar-refractivity contribution in [2.75, 3.05) is 5.32 Å². The van der Waals surface area contributed by atoms with Gasteiger partial charge in [0.15, 0.2) is 0 Å². The number of anilines is 1. The number of rotatable bonds is 11. The Morgan fingerprint density at radius 1 is 1.00 bits per heavy atom. The normalized spacial score (nSPS) is 20.8. The van der Waals surface area contributed by atoms with Gasteiger partial charge in [-0.25, -0.2) is 4.98 Å². The van der Waals surface area contributed by atoms with Crippen LogP contribution < -0.4 is 16.0 Å². The molecule has 0 saturated heterocycles. The molecule has 2 saturated carbocycles. The minimum absolute atomic E-state index is 0.0335. The number of hydrogen-bond donors (Lipinski definition) is 3. The number of pyridine rings is 1. The van der Waals surface area contributed by atoms with E-state index >= 15 is 0 Å². The molecule has 9 nitrogen and oxygen atoms in total. The van der Waals surface area contributed by atoms with Crippen molar-refractivity contribution in [1.82, 2.24) is 25.4 Å². The van der Waals surface area contributed by atoms with Crippen LogP contribution in [0.4, 0.5) is 19.0 Å². The molecule has 1 unspecified atom stereocenters. The molecule has 0 aliphatic heterocycles. The van der Waals surface area contributed by atoms with Crippen molar-refractivity contribution >= 4 is 23.5 Å². The third-order valence-corrected chi connectivity index (χ3v) is 7.93. The number of carbonyl (C=O) groups is 3. The number of aromatic nitrogens is 3. The zero-order valence-electron chi connectivity index (χ0n) is 23.7. The zero-order valence-corrected chi connectivity index (χ0v) is 23.7. The highest BCUT2D eigenvalue weighted by molar-refractivity contribution is 6.00. The summed E-state index contributed by atoms with van der Waals surface area (Å²) in [6, 6.07) is 3.66. The molecule has 3 amide bonds. The van der Waals surface area contributed by atoms with Gasteiger partial charge < -0.3 is 16.0 Å². The number of hydrogen-bond acceptors (Lipinski definition) is 5. The minimum Gasteiger partial charge on any atom is -0.349 e. The first-order valence-electron chi connectivity index (χ1n) is 14.4. The van der Waals surface area contributed by atoms with E-state index in [1.54, 1.807) is 29.1 Å². The molecule has 4 rings (SSSR count). The molecular formula is C29H39F3N6O3. The van der Waals surface area contributed by atoms with Crippen molar-refractivity contribution in [2.45, 2.75) is 96.4 Å². The van der Waals surface area contributed by atoms with Crippen molar-refractivity contribution < 1.29 is 27.6 Å². The zero-order chi connectivity index (χ0) is 29.7. The molecule has 2 aromatic heterocycles. The first-order valence-corrected chi connectivity index (χ1v) is 14.4. The van der Waals surface area contributed by atoms with Gasteiger partial charge in [-0.15, -0.1) is 0 Å². The van der Waals surface area contributed by atoms with Gasteiger partial charge in [-0.05, 0) is 81.0 Å². The average Bonchev–Trinajstić information content (AvgIpc) is 3.63. The van der Waals surface area contributed by atoms with Crippen LogP contribution in [-0.4, -0.2) is 44.7 Å². The summed E-state index contributed by atoms with van der Waals surface area (Å²) in [5.41, 5.74) is 1.03. The van der Waals surface area contributed by atoms with E-state index in [4.69, 9.17) is 0 Å². The van der Waals surface area contributed by atoms with Crippen molar-refractivity contribution in [2.24, 2.45) is 17.8 Å². The molecule has 2 aromatic rings. The topological polar surface area (TPSA) is 118 Å². The predicted molar refractivity (Wildman–Crippen MR) is 147 cm³/mol. The lowest BCUT2D eigenvalue weighted by Crippen LogP contribution is -2.49. The third-order valence-electron chi connectivity index (χ3n) is 7.93. The quantitative estimate of drug-likeness (QED) is 0.334. The van der Waals surface area contributed by atoms with Crippen LogP contribution >= 0.6 is 0 Å². The fourth-order valence-electron chi connectivity index (χ4n) is 5.45. The van der Waals surface area contributed by atoms with E-state index < -0.39 is 42.9 Å². The second-order valence-electron chi connectivity index (χ2n) is 11.7. The van der Waals surface area contributed by atoms with Crippen molar-refractivity contribution in [3.05, 3.63) is 41.9 Å². The number of carbonyl (C=O) groups excluding carboxylic acids is 3. The van der Waals surface area contributed by atoms with E-state index in [9.17, 15) is 27.6 Å². The summed E-state index contributed by atoms with van der Waals surface area (Å²) in [5, 5.41) is 12.8. The molecule has 2 heterocycles. The summed E-state index contributed by atoms with van der Waals surface area (Å²) < 4.78 is 39.4. The van der Waals surface area contributed by atoms with E-state index in [2.05, 4.69) is 33.0 Å². The lowest BCUT2D eigenvalue weighted by molar-refractivity contribution is -0.144. The Kier molecular flexibility index (Phi) is 9.70. The fraction of sp³-hybridized carbons (Fsp3) is 0.621. The van der Waals surface area contributed by atoms with E-state index in [0.29, 0.717) is 17.2 Å². The highest BCUT2D eigenvalue weighted by atomic mass is 19.4. The molecule has 2 aliphatic carbocycles. The summed E-state index contributed by atoms with van der Waals surface area (Å²) in [5.74, 6) is -0.590. The van der Waals surface area contributed by atoms with Crippen LogP contribution in [-0.2, 0) is 9.59 Å². The third kappa shape index (κ3) is 8.53. The van der Waals surface area contributed by atoms with Crippen LogP contribution in [0.3, 0.4) is 0 Å². The summed E-state index contributed by atoms with van der Waals surface area (Å²) >= 11 is 0. The van der Waals surface area contributed by atoms with Crippen LogP contribution in [0.15, 0.2) is 30.6 Å². The summed E-state index contributed by atoms with van der Waals surface area (Å²) in [6.07, 6.45) is 2.02. The highest BCUT2D eigenvalue weighted by Crippen LogP contribution is 2.41. The van der Waals surface area contributed by atoms with Gasteiger partial charge in [0.05, 0.1) is 12.5 Å². The van der Waals surface area contributed by atoms with Crippen LogP contribution in [0.25, 0.3) is 0 Å². The second kappa shape index (κ2) is 13.0. The lowest BCUT2D eigenvalue weighted by Gasteiger charge is -2.32. The smallest absolute Gasteiger partial charge is 0.349 e.